The van der Waals surface area contributed by atoms with Crippen LogP contribution in [0.25, 0.3) is 0 Å². The molecule has 0 amide bonds. The molecule has 2 heteroatoms. The van der Waals surface area contributed by atoms with E-state index in [4.69, 9.17) is 4.74 Å². The summed E-state index contributed by atoms with van der Waals surface area (Å²) in [7, 11) is 1.71. The van der Waals surface area contributed by atoms with Gasteiger partial charge in [0.2, 0.25) is 0 Å². The van der Waals surface area contributed by atoms with Gasteiger partial charge in [0.25, 0.3) is 0 Å². The van der Waals surface area contributed by atoms with Crippen LogP contribution in [0.1, 0.15) is 37.0 Å². The summed E-state index contributed by atoms with van der Waals surface area (Å²) in [5.41, 5.74) is 3.94. The van der Waals surface area contributed by atoms with Gasteiger partial charge in [0, 0.05) is 5.92 Å². The molecule has 0 aromatic heterocycles. The predicted molar refractivity (Wildman–Crippen MR) is 86.8 cm³/mol. The summed E-state index contributed by atoms with van der Waals surface area (Å²) in [6, 6.07) is 4.20. The van der Waals surface area contributed by atoms with E-state index in [2.05, 4.69) is 45.9 Å². The number of ketones is 1. The molecule has 1 aliphatic carbocycles. The Balaban J connectivity index is 2.26. The molecular formula is C19H26O2. The van der Waals surface area contributed by atoms with Crippen LogP contribution < -0.4 is 4.74 Å². The van der Waals surface area contributed by atoms with Crippen LogP contribution in [-0.4, -0.2) is 12.9 Å². The second kappa shape index (κ2) is 6.46. The van der Waals surface area contributed by atoms with Crippen molar-refractivity contribution in [3.05, 3.63) is 41.0 Å². The van der Waals surface area contributed by atoms with Crippen molar-refractivity contribution in [2.45, 2.75) is 40.5 Å². The van der Waals surface area contributed by atoms with Crippen LogP contribution in [0, 0.1) is 31.6 Å². The van der Waals surface area contributed by atoms with Crippen LogP contribution in [0.2, 0.25) is 0 Å². The summed E-state index contributed by atoms with van der Waals surface area (Å²) >= 11 is 0. The third-order valence-electron chi connectivity index (χ3n) is 4.97. The van der Waals surface area contributed by atoms with E-state index in [0.29, 0.717) is 17.6 Å². The Hall–Kier alpha value is -1.57. The van der Waals surface area contributed by atoms with Gasteiger partial charge in [-0.25, -0.2) is 0 Å². The zero-order valence-electron chi connectivity index (χ0n) is 13.8. The first-order valence-electron chi connectivity index (χ1n) is 7.84. The summed E-state index contributed by atoms with van der Waals surface area (Å²) in [5.74, 6) is 2.25. The molecule has 2 rings (SSSR count). The molecular weight excluding hydrogens is 260 g/mol. The molecule has 3 unspecified atom stereocenters. The molecule has 21 heavy (non-hydrogen) atoms. The topological polar surface area (TPSA) is 26.3 Å². The van der Waals surface area contributed by atoms with Gasteiger partial charge in [-0.1, -0.05) is 19.9 Å². The number of hydrogen-bond acceptors (Lipinski definition) is 2. The number of ether oxygens (including phenoxy) is 1. The minimum absolute atomic E-state index is 0.180. The van der Waals surface area contributed by atoms with Crippen molar-refractivity contribution in [3.8, 4) is 5.75 Å². The fourth-order valence-electron chi connectivity index (χ4n) is 3.53. The molecule has 0 saturated heterocycles. The average Bonchev–Trinajstić information content (AvgIpc) is 2.45. The lowest BCUT2D eigenvalue weighted by Crippen LogP contribution is -2.30. The van der Waals surface area contributed by atoms with E-state index >= 15 is 0 Å². The van der Waals surface area contributed by atoms with Crippen molar-refractivity contribution in [1.29, 1.82) is 0 Å². The third-order valence-corrected chi connectivity index (χ3v) is 4.97. The van der Waals surface area contributed by atoms with Gasteiger partial charge < -0.3 is 4.74 Å². The molecule has 3 atom stereocenters. The van der Waals surface area contributed by atoms with Crippen LogP contribution in [0.3, 0.4) is 0 Å². The summed E-state index contributed by atoms with van der Waals surface area (Å²) in [5, 5.41) is 0. The van der Waals surface area contributed by atoms with Crippen LogP contribution in [0.4, 0.5) is 0 Å². The predicted octanol–water partition coefficient (Wildman–Crippen LogP) is 4.27. The highest BCUT2D eigenvalue weighted by Crippen LogP contribution is 2.34. The highest BCUT2D eigenvalue weighted by atomic mass is 16.5. The quantitative estimate of drug-likeness (QED) is 0.826. The molecule has 0 spiro atoms. The number of methoxy groups -OCH3 is 1. The number of aryl methyl sites for hydroxylation is 2. The van der Waals surface area contributed by atoms with Gasteiger partial charge in [0.1, 0.15) is 5.75 Å². The lowest BCUT2D eigenvalue weighted by atomic mass is 9.72. The molecule has 0 fully saturated rings. The molecule has 2 nitrogen and oxygen atoms in total. The minimum atomic E-state index is 0.180. The molecule has 0 bridgehead atoms. The normalized spacial score (nSPS) is 25.2. The van der Waals surface area contributed by atoms with Crippen LogP contribution in [0.5, 0.6) is 5.75 Å². The largest absolute Gasteiger partial charge is 0.497 e. The van der Waals surface area contributed by atoms with Crippen LogP contribution >= 0.6 is 0 Å². The van der Waals surface area contributed by atoms with E-state index in [0.717, 1.165) is 18.6 Å². The van der Waals surface area contributed by atoms with Crippen molar-refractivity contribution in [3.63, 3.8) is 0 Å². The van der Waals surface area contributed by atoms with Gasteiger partial charge in [-0.15, -0.1) is 0 Å². The molecule has 1 aromatic carbocycles. The Morgan fingerprint density at radius 3 is 2.33 bits per heavy atom. The Morgan fingerprint density at radius 1 is 1.19 bits per heavy atom. The van der Waals surface area contributed by atoms with E-state index < -0.39 is 0 Å². The van der Waals surface area contributed by atoms with Gasteiger partial charge in [0.15, 0.2) is 5.78 Å². The maximum Gasteiger partial charge on any atom is 0.158 e. The van der Waals surface area contributed by atoms with Gasteiger partial charge in [-0.05, 0) is 73.4 Å². The minimum Gasteiger partial charge on any atom is -0.497 e. The Kier molecular flexibility index (Phi) is 4.87. The summed E-state index contributed by atoms with van der Waals surface area (Å²) in [4.78, 5) is 11.9. The molecule has 0 saturated carbocycles. The fourth-order valence-corrected chi connectivity index (χ4v) is 3.53. The smallest absolute Gasteiger partial charge is 0.158 e. The van der Waals surface area contributed by atoms with Crippen LogP contribution in [0.15, 0.2) is 24.3 Å². The standard InChI is InChI=1S/C19H26O2/c1-6-17-14(4)15(7-8-19(17)20)11-18-12(2)9-16(21-5)10-13(18)3/h7-10,14-15,17H,6,11H2,1-5H3. The summed E-state index contributed by atoms with van der Waals surface area (Å²) in [6.45, 7) is 8.61. The van der Waals surface area contributed by atoms with E-state index in [1.807, 2.05) is 0 Å². The van der Waals surface area contributed by atoms with E-state index in [1.54, 1.807) is 13.2 Å². The van der Waals surface area contributed by atoms with Crippen molar-refractivity contribution < 1.29 is 9.53 Å². The van der Waals surface area contributed by atoms with Gasteiger partial charge in [-0.2, -0.15) is 0 Å². The SMILES string of the molecule is CCC1C(=O)C=CC(Cc2c(C)cc(OC)cc2C)C1C. The lowest BCUT2D eigenvalue weighted by molar-refractivity contribution is -0.120. The number of rotatable bonds is 4. The Labute approximate surface area is 128 Å². The molecule has 1 aromatic rings. The Morgan fingerprint density at radius 2 is 1.81 bits per heavy atom. The number of carbonyl (C=O) groups excluding carboxylic acids is 1. The highest BCUT2D eigenvalue weighted by molar-refractivity contribution is 5.92. The number of benzene rings is 1. The first-order chi connectivity index (χ1) is 9.97. The first kappa shape index (κ1) is 15.8. The van der Waals surface area contributed by atoms with Crippen LogP contribution in [-0.2, 0) is 11.2 Å². The summed E-state index contributed by atoms with van der Waals surface area (Å²) in [6.07, 6.45) is 5.85. The van der Waals surface area contributed by atoms with Crippen molar-refractivity contribution in [1.82, 2.24) is 0 Å². The van der Waals surface area contributed by atoms with Gasteiger partial charge >= 0.3 is 0 Å². The zero-order valence-corrected chi connectivity index (χ0v) is 13.8. The van der Waals surface area contributed by atoms with Gasteiger partial charge in [0.05, 0.1) is 7.11 Å². The highest BCUT2D eigenvalue weighted by Gasteiger charge is 2.31. The molecule has 0 radical (unpaired) electrons. The first-order valence-corrected chi connectivity index (χ1v) is 7.84. The van der Waals surface area contributed by atoms with E-state index in [-0.39, 0.29) is 5.92 Å². The van der Waals surface area contributed by atoms with Crippen molar-refractivity contribution in [2.24, 2.45) is 17.8 Å². The second-order valence-electron chi connectivity index (χ2n) is 6.24. The number of hydrogen-bond donors (Lipinski definition) is 0. The zero-order chi connectivity index (χ0) is 15.6. The lowest BCUT2D eigenvalue weighted by Gasteiger charge is -2.31. The number of allylic oxidation sites excluding steroid dienone is 2. The molecule has 0 heterocycles. The molecule has 0 aliphatic heterocycles. The fraction of sp³-hybridized carbons (Fsp3) is 0.526. The monoisotopic (exact) mass is 286 g/mol. The van der Waals surface area contributed by atoms with E-state index in [1.165, 1.54) is 16.7 Å². The Bertz CT molecular complexity index is 534. The average molecular weight is 286 g/mol. The molecule has 1 aliphatic rings. The van der Waals surface area contributed by atoms with Gasteiger partial charge in [-0.3, -0.25) is 4.79 Å². The molecule has 114 valence electrons. The number of carbonyl (C=O) groups is 1. The van der Waals surface area contributed by atoms with Crippen molar-refractivity contribution in [2.75, 3.05) is 7.11 Å². The second-order valence-corrected chi connectivity index (χ2v) is 6.24. The van der Waals surface area contributed by atoms with E-state index in [9.17, 15) is 4.79 Å². The van der Waals surface area contributed by atoms with Crippen molar-refractivity contribution >= 4 is 5.78 Å². The maximum atomic E-state index is 11.9. The summed E-state index contributed by atoms with van der Waals surface area (Å²) < 4.78 is 5.33. The molecule has 0 N–H and O–H groups in total. The maximum absolute atomic E-state index is 11.9. The third kappa shape index (κ3) is 3.20.